The van der Waals surface area contributed by atoms with Crippen LogP contribution in [-0.2, 0) is 0 Å². The quantitative estimate of drug-likeness (QED) is 0.256. The van der Waals surface area contributed by atoms with Gasteiger partial charge in [0.1, 0.15) is 12.7 Å². The fourth-order valence-corrected chi connectivity index (χ4v) is 1.01. The van der Waals surface area contributed by atoms with Crippen LogP contribution >= 0.6 is 0 Å². The molecule has 0 aromatic heterocycles. The van der Waals surface area contributed by atoms with Gasteiger partial charge in [0.15, 0.2) is 0 Å². The molecule has 1 aliphatic rings. The summed E-state index contributed by atoms with van der Waals surface area (Å²) in [7, 11) is 0. The number of quaternary nitrogens is 1. The summed E-state index contributed by atoms with van der Waals surface area (Å²) >= 11 is 0. The van der Waals surface area contributed by atoms with Gasteiger partial charge < -0.3 is 16.2 Å². The molecule has 5 heteroatoms. The van der Waals surface area contributed by atoms with E-state index in [1.165, 1.54) is 12.3 Å². The molecule has 1 rings (SSSR count). The highest BCUT2D eigenvalue weighted by molar-refractivity contribution is 5.88. The van der Waals surface area contributed by atoms with Crippen molar-refractivity contribution >= 4 is 5.84 Å². The molecule has 0 fully saturated rings. The highest BCUT2D eigenvalue weighted by atomic mass is 16.5. The number of hydrogen-bond donors (Lipinski definition) is 2. The molecule has 0 aromatic rings. The van der Waals surface area contributed by atoms with Crippen molar-refractivity contribution in [3.8, 4) is 0 Å². The highest BCUT2D eigenvalue weighted by Crippen LogP contribution is 2.12. The maximum atomic E-state index is 11.7. The Balaban J connectivity index is 2.87. The Morgan fingerprint density at radius 2 is 2.33 bits per heavy atom. The molecule has 12 heavy (non-hydrogen) atoms. The Labute approximate surface area is 70.3 Å². The van der Waals surface area contributed by atoms with E-state index in [4.69, 9.17) is 10.9 Å². The molecule has 1 aliphatic heterocycles. The van der Waals surface area contributed by atoms with Crippen LogP contribution in [0.25, 0.3) is 0 Å². The molecular formula is C7H11N3O2. The Kier molecular flexibility index (Phi) is 2.59. The second-order valence-electron chi connectivity index (χ2n) is 2.43. The molecule has 0 aromatic carbocycles. The van der Waals surface area contributed by atoms with Crippen molar-refractivity contribution in [1.82, 2.24) is 0 Å². The van der Waals surface area contributed by atoms with Crippen molar-refractivity contribution in [3.05, 3.63) is 29.6 Å². The minimum Gasteiger partial charge on any atom is -0.621 e. The van der Waals surface area contributed by atoms with E-state index >= 15 is 0 Å². The smallest absolute Gasteiger partial charge is 0.248 e. The summed E-state index contributed by atoms with van der Waals surface area (Å²) in [5.74, 6) is 5.22. The summed E-state index contributed by atoms with van der Waals surface area (Å²) in [4.78, 5) is 0. The van der Waals surface area contributed by atoms with Crippen LogP contribution in [0.2, 0.25) is 0 Å². The molecule has 1 heterocycles. The van der Waals surface area contributed by atoms with E-state index in [2.05, 4.69) is 5.10 Å². The third-order valence-electron chi connectivity index (χ3n) is 1.64. The first-order valence-corrected chi connectivity index (χ1v) is 3.57. The van der Waals surface area contributed by atoms with Crippen LogP contribution in [0, 0.1) is 5.21 Å². The molecule has 1 atom stereocenters. The number of rotatable bonds is 2. The van der Waals surface area contributed by atoms with Gasteiger partial charge in [-0.3, -0.25) is 4.65 Å². The van der Waals surface area contributed by atoms with Crippen LogP contribution < -0.4 is 5.84 Å². The summed E-state index contributed by atoms with van der Waals surface area (Å²) in [5, 5.41) is 23.7. The van der Waals surface area contributed by atoms with Crippen LogP contribution in [0.5, 0.6) is 0 Å². The monoisotopic (exact) mass is 169 g/mol. The van der Waals surface area contributed by atoms with Gasteiger partial charge in [0, 0.05) is 6.08 Å². The Hall–Kier alpha value is -1.17. The topological polar surface area (TPSA) is 81.7 Å². The van der Waals surface area contributed by atoms with Gasteiger partial charge in [0.05, 0.1) is 6.61 Å². The number of nitrogens with zero attached hydrogens (tertiary/aromatic N) is 2. The number of aliphatic hydroxyl groups is 1. The molecule has 0 radical (unpaired) electrons. The number of allylic oxidation sites excluding steroid dienone is 2. The Bertz CT molecular complexity index is 247. The fraction of sp³-hybridized carbons (Fsp3) is 0.286. The first-order chi connectivity index (χ1) is 5.73. The van der Waals surface area contributed by atoms with Crippen molar-refractivity contribution in [2.75, 3.05) is 13.2 Å². The number of aliphatic hydroxyl groups excluding tert-OH is 1. The maximum absolute atomic E-state index is 11.7. The largest absolute Gasteiger partial charge is 0.621 e. The predicted octanol–water partition coefficient (Wildman–Crippen LogP) is -0.351. The molecule has 5 nitrogen and oxygen atoms in total. The van der Waals surface area contributed by atoms with Crippen LogP contribution in [-0.4, -0.2) is 28.7 Å². The van der Waals surface area contributed by atoms with Crippen molar-refractivity contribution in [1.29, 1.82) is 0 Å². The van der Waals surface area contributed by atoms with Crippen molar-refractivity contribution in [2.24, 2.45) is 10.9 Å². The van der Waals surface area contributed by atoms with Crippen LogP contribution in [0.15, 0.2) is 29.5 Å². The highest BCUT2D eigenvalue weighted by Gasteiger charge is 2.21. The molecule has 0 bridgehead atoms. The number of amidine groups is 1. The SMILES string of the molecule is NN=C1C=CC=C[N+]1([O-])CCO. The van der Waals surface area contributed by atoms with Crippen LogP contribution in [0.1, 0.15) is 0 Å². The van der Waals surface area contributed by atoms with E-state index in [-0.39, 0.29) is 19.0 Å². The zero-order valence-corrected chi connectivity index (χ0v) is 6.55. The minimum absolute atomic E-state index is 0.0386. The zero-order valence-electron chi connectivity index (χ0n) is 6.55. The molecule has 66 valence electrons. The molecule has 0 aliphatic carbocycles. The lowest BCUT2D eigenvalue weighted by atomic mass is 10.3. The number of hydrogen-bond acceptors (Lipinski definition) is 4. The van der Waals surface area contributed by atoms with Gasteiger partial charge in [-0.05, 0) is 12.2 Å². The molecule has 0 amide bonds. The summed E-state index contributed by atoms with van der Waals surface area (Å²) in [6.07, 6.45) is 6.21. The van der Waals surface area contributed by atoms with E-state index in [1.807, 2.05) is 0 Å². The molecule has 0 saturated heterocycles. The maximum Gasteiger partial charge on any atom is 0.248 e. The van der Waals surface area contributed by atoms with E-state index in [1.54, 1.807) is 12.2 Å². The minimum atomic E-state index is -0.788. The van der Waals surface area contributed by atoms with Gasteiger partial charge in [0.25, 0.3) is 0 Å². The van der Waals surface area contributed by atoms with Crippen LogP contribution in [0.4, 0.5) is 0 Å². The second kappa shape index (κ2) is 3.48. The Morgan fingerprint density at radius 1 is 1.58 bits per heavy atom. The van der Waals surface area contributed by atoms with E-state index in [0.717, 1.165) is 0 Å². The van der Waals surface area contributed by atoms with E-state index < -0.39 is 4.65 Å². The first-order valence-electron chi connectivity index (χ1n) is 3.57. The average Bonchev–Trinajstić information content (AvgIpc) is 2.05. The average molecular weight is 169 g/mol. The lowest BCUT2D eigenvalue weighted by Crippen LogP contribution is -2.45. The van der Waals surface area contributed by atoms with Crippen molar-refractivity contribution < 1.29 is 9.75 Å². The molecular weight excluding hydrogens is 158 g/mol. The third-order valence-corrected chi connectivity index (χ3v) is 1.64. The number of nitrogens with two attached hydrogens (primary N) is 1. The summed E-state index contributed by atoms with van der Waals surface area (Å²) in [6.45, 7) is -0.155. The van der Waals surface area contributed by atoms with Crippen molar-refractivity contribution in [3.63, 3.8) is 0 Å². The standard InChI is InChI=1S/C7H11N3O2/c8-9-7-3-1-2-4-10(7,12)5-6-11/h1-4,11H,5-6,8H2. The summed E-state index contributed by atoms with van der Waals surface area (Å²) in [6, 6.07) is 0. The second-order valence-corrected chi connectivity index (χ2v) is 2.43. The van der Waals surface area contributed by atoms with Gasteiger partial charge in [-0.1, -0.05) is 0 Å². The molecule has 3 N–H and O–H groups in total. The van der Waals surface area contributed by atoms with Gasteiger partial charge in [-0.2, -0.15) is 0 Å². The Morgan fingerprint density at radius 3 is 2.92 bits per heavy atom. The predicted molar refractivity (Wildman–Crippen MR) is 45.5 cm³/mol. The fourth-order valence-electron chi connectivity index (χ4n) is 1.01. The molecule has 0 saturated carbocycles. The zero-order chi connectivity index (χ0) is 9.03. The first kappa shape index (κ1) is 8.92. The molecule has 1 unspecified atom stereocenters. The number of hydrazone groups is 1. The van der Waals surface area contributed by atoms with Gasteiger partial charge >= 0.3 is 0 Å². The van der Waals surface area contributed by atoms with E-state index in [0.29, 0.717) is 0 Å². The van der Waals surface area contributed by atoms with Gasteiger partial charge in [-0.15, -0.1) is 5.10 Å². The van der Waals surface area contributed by atoms with Gasteiger partial charge in [-0.25, -0.2) is 0 Å². The van der Waals surface area contributed by atoms with E-state index in [9.17, 15) is 5.21 Å². The molecule has 0 spiro atoms. The lowest BCUT2D eigenvalue weighted by molar-refractivity contribution is -0.733. The van der Waals surface area contributed by atoms with Gasteiger partial charge in [0.2, 0.25) is 5.84 Å². The normalized spacial score (nSPS) is 31.3. The van der Waals surface area contributed by atoms with Crippen LogP contribution in [0.3, 0.4) is 0 Å². The van der Waals surface area contributed by atoms with Crippen molar-refractivity contribution in [2.45, 2.75) is 0 Å². The number of hydroxylamine groups is 3. The third kappa shape index (κ3) is 1.53. The summed E-state index contributed by atoms with van der Waals surface area (Å²) in [5.41, 5.74) is 0. The summed E-state index contributed by atoms with van der Waals surface area (Å²) < 4.78 is -0.788. The lowest BCUT2D eigenvalue weighted by Gasteiger charge is -2.37.